The molecule has 2 rings (SSSR count). The number of amides is 2. The van der Waals surface area contributed by atoms with Crippen LogP contribution in [0.2, 0.25) is 0 Å². The lowest BCUT2D eigenvalue weighted by Gasteiger charge is -2.09. The van der Waals surface area contributed by atoms with Gasteiger partial charge in [0.1, 0.15) is 0 Å². The number of nitrogens with one attached hydrogen (secondary N) is 2. The molecule has 2 aromatic carbocycles. The number of rotatable bonds is 5. The van der Waals surface area contributed by atoms with Gasteiger partial charge in [0.2, 0.25) is 0 Å². The van der Waals surface area contributed by atoms with Crippen molar-refractivity contribution in [2.75, 3.05) is 11.9 Å². The van der Waals surface area contributed by atoms with E-state index in [2.05, 4.69) is 26.6 Å². The quantitative estimate of drug-likeness (QED) is 0.776. The van der Waals surface area contributed by atoms with Gasteiger partial charge in [-0.15, -0.1) is 0 Å². The first-order valence-electron chi connectivity index (χ1n) is 7.15. The number of benzene rings is 2. The van der Waals surface area contributed by atoms with Gasteiger partial charge in [-0.2, -0.15) is 0 Å². The van der Waals surface area contributed by atoms with Gasteiger partial charge in [0.15, 0.2) is 0 Å². The van der Waals surface area contributed by atoms with Crippen molar-refractivity contribution in [3.05, 3.63) is 64.1 Å². The molecule has 0 aliphatic heterocycles. The molecule has 120 valence electrons. The summed E-state index contributed by atoms with van der Waals surface area (Å²) >= 11 is 3.43. The summed E-state index contributed by atoms with van der Waals surface area (Å²) in [6.07, 6.45) is 0. The Morgan fingerprint density at radius 2 is 1.78 bits per heavy atom. The number of carbonyl (C=O) groups is 2. The number of ether oxygens (including phenoxy) is 1. The van der Waals surface area contributed by atoms with Crippen LogP contribution in [0, 0.1) is 0 Å². The molecule has 2 aromatic rings. The van der Waals surface area contributed by atoms with Crippen LogP contribution in [0.4, 0.5) is 10.5 Å². The first-order valence-corrected chi connectivity index (χ1v) is 7.95. The molecule has 0 unspecified atom stereocenters. The molecule has 0 heterocycles. The van der Waals surface area contributed by atoms with E-state index in [1.54, 1.807) is 31.2 Å². The highest BCUT2D eigenvalue weighted by molar-refractivity contribution is 9.10. The molecule has 6 heteroatoms. The Labute approximate surface area is 143 Å². The molecular weight excluding hydrogens is 360 g/mol. The van der Waals surface area contributed by atoms with Crippen LogP contribution in [0.5, 0.6) is 0 Å². The maximum atomic E-state index is 11.9. The third kappa shape index (κ3) is 5.10. The normalized spacial score (nSPS) is 10.0. The van der Waals surface area contributed by atoms with Crippen molar-refractivity contribution < 1.29 is 14.3 Å². The zero-order chi connectivity index (χ0) is 16.7. The summed E-state index contributed by atoms with van der Waals surface area (Å²) in [7, 11) is 0. The largest absolute Gasteiger partial charge is 0.462 e. The summed E-state index contributed by atoms with van der Waals surface area (Å²) in [5.74, 6) is -0.377. The molecule has 0 fully saturated rings. The lowest BCUT2D eigenvalue weighted by Crippen LogP contribution is -2.28. The highest BCUT2D eigenvalue weighted by atomic mass is 79.9. The van der Waals surface area contributed by atoms with E-state index < -0.39 is 0 Å². The molecule has 0 aliphatic carbocycles. The van der Waals surface area contributed by atoms with Crippen molar-refractivity contribution in [2.45, 2.75) is 13.5 Å². The fourth-order valence-corrected chi connectivity index (χ4v) is 2.32. The van der Waals surface area contributed by atoms with Gasteiger partial charge in [0.05, 0.1) is 12.2 Å². The standard InChI is InChI=1S/C17H17BrN2O3/c1-2-23-16(21)12-7-9-14(10-8-12)20-17(22)19-11-13-5-3-4-6-15(13)18/h3-10H,2,11H2,1H3,(H2,19,20,22). The Morgan fingerprint density at radius 1 is 1.09 bits per heavy atom. The molecule has 2 amide bonds. The average molecular weight is 377 g/mol. The Kier molecular flexibility index (Phi) is 6.17. The molecule has 0 spiro atoms. The smallest absolute Gasteiger partial charge is 0.338 e. The molecule has 0 saturated heterocycles. The van der Waals surface area contributed by atoms with Crippen LogP contribution >= 0.6 is 15.9 Å². The van der Waals surface area contributed by atoms with Gasteiger partial charge < -0.3 is 15.4 Å². The van der Waals surface area contributed by atoms with Crippen molar-refractivity contribution >= 4 is 33.6 Å². The minimum absolute atomic E-state index is 0.315. The van der Waals surface area contributed by atoms with E-state index in [4.69, 9.17) is 4.74 Å². The van der Waals surface area contributed by atoms with Crippen LogP contribution in [0.1, 0.15) is 22.8 Å². The van der Waals surface area contributed by atoms with Crippen molar-refractivity contribution in [2.24, 2.45) is 0 Å². The van der Waals surface area contributed by atoms with Gasteiger partial charge in [0, 0.05) is 16.7 Å². The number of urea groups is 1. The maximum Gasteiger partial charge on any atom is 0.338 e. The Balaban J connectivity index is 1.88. The molecule has 0 saturated carbocycles. The number of halogens is 1. The molecule has 0 aliphatic rings. The summed E-state index contributed by atoms with van der Waals surface area (Å²) in [5, 5.41) is 5.49. The van der Waals surface area contributed by atoms with Gasteiger partial charge >= 0.3 is 12.0 Å². The predicted molar refractivity (Wildman–Crippen MR) is 92.4 cm³/mol. The Hall–Kier alpha value is -2.34. The molecular formula is C17H17BrN2O3. The topological polar surface area (TPSA) is 67.4 Å². The molecule has 0 radical (unpaired) electrons. The second-order valence-electron chi connectivity index (χ2n) is 4.70. The van der Waals surface area contributed by atoms with E-state index in [0.717, 1.165) is 10.0 Å². The first-order chi connectivity index (χ1) is 11.1. The van der Waals surface area contributed by atoms with Crippen LogP contribution < -0.4 is 10.6 Å². The SMILES string of the molecule is CCOC(=O)c1ccc(NC(=O)NCc2ccccc2Br)cc1. The zero-order valence-electron chi connectivity index (χ0n) is 12.6. The Morgan fingerprint density at radius 3 is 2.43 bits per heavy atom. The molecule has 0 aromatic heterocycles. The van der Waals surface area contributed by atoms with E-state index in [0.29, 0.717) is 24.4 Å². The predicted octanol–water partition coefficient (Wildman–Crippen LogP) is 3.95. The van der Waals surface area contributed by atoms with Gasteiger partial charge in [-0.25, -0.2) is 9.59 Å². The molecule has 23 heavy (non-hydrogen) atoms. The second-order valence-corrected chi connectivity index (χ2v) is 5.55. The number of esters is 1. The molecule has 5 nitrogen and oxygen atoms in total. The van der Waals surface area contributed by atoms with Crippen LogP contribution in [0.3, 0.4) is 0 Å². The van der Waals surface area contributed by atoms with Crippen LogP contribution in [0.15, 0.2) is 53.0 Å². The summed E-state index contributed by atoms with van der Waals surface area (Å²) in [5.41, 5.74) is 2.04. The lowest BCUT2D eigenvalue weighted by atomic mass is 10.2. The van der Waals surface area contributed by atoms with E-state index in [1.165, 1.54) is 0 Å². The van der Waals surface area contributed by atoms with Gasteiger partial charge in [-0.05, 0) is 42.8 Å². The second kappa shape index (κ2) is 8.33. The summed E-state index contributed by atoms with van der Waals surface area (Å²) < 4.78 is 5.85. The number of carbonyl (C=O) groups excluding carboxylic acids is 2. The monoisotopic (exact) mass is 376 g/mol. The van der Waals surface area contributed by atoms with Crippen molar-refractivity contribution in [1.82, 2.24) is 5.32 Å². The summed E-state index contributed by atoms with van der Waals surface area (Å²) in [6.45, 7) is 2.49. The van der Waals surface area contributed by atoms with Gasteiger partial charge in [0.25, 0.3) is 0 Å². The zero-order valence-corrected chi connectivity index (χ0v) is 14.2. The fourth-order valence-electron chi connectivity index (χ4n) is 1.90. The third-order valence-corrected chi connectivity index (χ3v) is 3.82. The van der Waals surface area contributed by atoms with E-state index in [-0.39, 0.29) is 12.0 Å². The fraction of sp³-hybridized carbons (Fsp3) is 0.176. The third-order valence-electron chi connectivity index (χ3n) is 3.05. The van der Waals surface area contributed by atoms with E-state index in [9.17, 15) is 9.59 Å². The van der Waals surface area contributed by atoms with E-state index >= 15 is 0 Å². The van der Waals surface area contributed by atoms with Crippen LogP contribution in [-0.4, -0.2) is 18.6 Å². The molecule has 0 atom stereocenters. The maximum absolute atomic E-state index is 11.9. The van der Waals surface area contributed by atoms with Crippen molar-refractivity contribution in [1.29, 1.82) is 0 Å². The van der Waals surface area contributed by atoms with Crippen LogP contribution in [-0.2, 0) is 11.3 Å². The highest BCUT2D eigenvalue weighted by Crippen LogP contribution is 2.15. The lowest BCUT2D eigenvalue weighted by molar-refractivity contribution is 0.0526. The molecule has 2 N–H and O–H groups in total. The van der Waals surface area contributed by atoms with Gasteiger partial charge in [-0.1, -0.05) is 34.1 Å². The number of hydrogen-bond acceptors (Lipinski definition) is 3. The van der Waals surface area contributed by atoms with Crippen LogP contribution in [0.25, 0.3) is 0 Å². The van der Waals surface area contributed by atoms with Gasteiger partial charge in [-0.3, -0.25) is 0 Å². The summed E-state index contributed by atoms with van der Waals surface area (Å²) in [4.78, 5) is 23.4. The summed E-state index contributed by atoms with van der Waals surface area (Å²) in [6, 6.07) is 13.9. The van der Waals surface area contributed by atoms with Crippen molar-refractivity contribution in [3.8, 4) is 0 Å². The highest BCUT2D eigenvalue weighted by Gasteiger charge is 2.07. The molecule has 0 bridgehead atoms. The van der Waals surface area contributed by atoms with Crippen molar-refractivity contribution in [3.63, 3.8) is 0 Å². The number of hydrogen-bond donors (Lipinski definition) is 2. The minimum atomic E-state index is -0.377. The minimum Gasteiger partial charge on any atom is -0.462 e. The Bertz CT molecular complexity index is 686. The first kappa shape index (κ1) is 17.0. The average Bonchev–Trinajstić information content (AvgIpc) is 2.55. The number of anilines is 1. The van der Waals surface area contributed by atoms with E-state index in [1.807, 2.05) is 24.3 Å².